The van der Waals surface area contributed by atoms with Gasteiger partial charge in [-0.2, -0.15) is 0 Å². The van der Waals surface area contributed by atoms with E-state index in [0.717, 1.165) is 38.9 Å². The zero-order chi connectivity index (χ0) is 13.9. The largest absolute Gasteiger partial charge is 0.389 e. The summed E-state index contributed by atoms with van der Waals surface area (Å²) in [6.07, 6.45) is 2.93. The molecule has 1 aromatic rings. The van der Waals surface area contributed by atoms with Crippen molar-refractivity contribution in [2.75, 3.05) is 19.6 Å². The maximum atomic E-state index is 10.1. The van der Waals surface area contributed by atoms with Gasteiger partial charge in [-0.1, -0.05) is 24.3 Å². The number of nitrogens with zero attached hydrogens (tertiary/aromatic N) is 1. The number of β-amino-alcohol motifs (C(OH)–C–C–N with tert-alkyl or cyclic N) is 1. The van der Waals surface area contributed by atoms with Crippen LogP contribution in [0.4, 0.5) is 0 Å². The molecule has 0 bridgehead atoms. The van der Waals surface area contributed by atoms with Crippen molar-refractivity contribution in [3.8, 4) is 0 Å². The van der Waals surface area contributed by atoms with E-state index >= 15 is 0 Å². The lowest BCUT2D eigenvalue weighted by Gasteiger charge is -2.37. The van der Waals surface area contributed by atoms with Crippen LogP contribution in [0.2, 0.25) is 0 Å². The Labute approximate surface area is 116 Å². The molecule has 3 nitrogen and oxygen atoms in total. The first kappa shape index (κ1) is 14.5. The smallest absolute Gasteiger partial charge is 0.0746 e. The van der Waals surface area contributed by atoms with E-state index in [1.807, 2.05) is 19.1 Å². The van der Waals surface area contributed by atoms with E-state index in [4.69, 9.17) is 5.73 Å². The van der Waals surface area contributed by atoms with Gasteiger partial charge in [0.1, 0.15) is 0 Å². The van der Waals surface area contributed by atoms with E-state index in [2.05, 4.69) is 24.0 Å². The Kier molecular flexibility index (Phi) is 4.61. The van der Waals surface area contributed by atoms with Crippen LogP contribution in [0, 0.1) is 6.92 Å². The summed E-state index contributed by atoms with van der Waals surface area (Å²) >= 11 is 0. The first-order chi connectivity index (χ1) is 8.98. The standard InChI is InChI=1S/C16H26N2O/c1-13-6-3-4-7-14(13)15(17)8-11-18-10-5-9-16(2,19)12-18/h3-4,6-7,15,19H,5,8-12,17H2,1-2H3. The van der Waals surface area contributed by atoms with Gasteiger partial charge in [-0.25, -0.2) is 0 Å². The molecule has 1 fully saturated rings. The summed E-state index contributed by atoms with van der Waals surface area (Å²) in [6, 6.07) is 8.42. The number of aliphatic hydroxyl groups is 1. The molecule has 3 heteroatoms. The summed E-state index contributed by atoms with van der Waals surface area (Å²) in [5, 5.41) is 10.1. The van der Waals surface area contributed by atoms with Crippen molar-refractivity contribution < 1.29 is 5.11 Å². The van der Waals surface area contributed by atoms with Gasteiger partial charge in [0, 0.05) is 19.1 Å². The molecule has 0 spiro atoms. The molecule has 2 atom stereocenters. The lowest BCUT2D eigenvalue weighted by Crippen LogP contribution is -2.46. The summed E-state index contributed by atoms with van der Waals surface area (Å²) in [7, 11) is 0. The lowest BCUT2D eigenvalue weighted by molar-refractivity contribution is -0.0161. The molecule has 0 aliphatic carbocycles. The van der Waals surface area contributed by atoms with Crippen LogP contribution >= 0.6 is 0 Å². The van der Waals surface area contributed by atoms with E-state index in [0.29, 0.717) is 0 Å². The molecule has 1 aliphatic heterocycles. The van der Waals surface area contributed by atoms with Crippen LogP contribution in [0.15, 0.2) is 24.3 Å². The van der Waals surface area contributed by atoms with Crippen LogP contribution in [0.5, 0.6) is 0 Å². The van der Waals surface area contributed by atoms with E-state index in [1.165, 1.54) is 11.1 Å². The molecular weight excluding hydrogens is 236 g/mol. The highest BCUT2D eigenvalue weighted by Gasteiger charge is 2.28. The second-order valence-electron chi connectivity index (χ2n) is 6.13. The minimum absolute atomic E-state index is 0.0908. The molecule has 2 rings (SSSR count). The van der Waals surface area contributed by atoms with Crippen LogP contribution in [-0.4, -0.2) is 35.2 Å². The fraction of sp³-hybridized carbons (Fsp3) is 0.625. The van der Waals surface area contributed by atoms with Gasteiger partial charge in [0.15, 0.2) is 0 Å². The van der Waals surface area contributed by atoms with Crippen molar-refractivity contribution in [2.45, 2.75) is 44.8 Å². The van der Waals surface area contributed by atoms with Crippen molar-refractivity contribution in [2.24, 2.45) is 5.73 Å². The third-order valence-corrected chi connectivity index (χ3v) is 4.10. The molecule has 0 saturated carbocycles. The van der Waals surface area contributed by atoms with Gasteiger partial charge in [0.05, 0.1) is 5.60 Å². The second kappa shape index (κ2) is 6.04. The third kappa shape index (κ3) is 4.03. The Morgan fingerprint density at radius 3 is 2.84 bits per heavy atom. The Bertz CT molecular complexity index is 417. The Balaban J connectivity index is 1.87. The maximum Gasteiger partial charge on any atom is 0.0746 e. The van der Waals surface area contributed by atoms with Crippen LogP contribution in [0.25, 0.3) is 0 Å². The highest BCUT2D eigenvalue weighted by Crippen LogP contribution is 2.23. The van der Waals surface area contributed by atoms with E-state index in [-0.39, 0.29) is 6.04 Å². The van der Waals surface area contributed by atoms with Crippen LogP contribution < -0.4 is 5.73 Å². The van der Waals surface area contributed by atoms with Crippen LogP contribution in [0.1, 0.15) is 43.4 Å². The molecule has 1 heterocycles. The molecule has 1 aromatic carbocycles. The van der Waals surface area contributed by atoms with Crippen molar-refractivity contribution in [3.05, 3.63) is 35.4 Å². The second-order valence-corrected chi connectivity index (χ2v) is 6.13. The number of nitrogens with two attached hydrogens (primary N) is 1. The molecule has 0 aromatic heterocycles. The quantitative estimate of drug-likeness (QED) is 0.875. The average Bonchev–Trinajstić information content (AvgIpc) is 2.35. The van der Waals surface area contributed by atoms with Gasteiger partial charge >= 0.3 is 0 Å². The van der Waals surface area contributed by atoms with Crippen molar-refractivity contribution >= 4 is 0 Å². The van der Waals surface area contributed by atoms with Crippen molar-refractivity contribution in [1.29, 1.82) is 0 Å². The third-order valence-electron chi connectivity index (χ3n) is 4.10. The van der Waals surface area contributed by atoms with Crippen LogP contribution in [0.3, 0.4) is 0 Å². The minimum Gasteiger partial charge on any atom is -0.389 e. The van der Waals surface area contributed by atoms with Crippen molar-refractivity contribution in [1.82, 2.24) is 4.90 Å². The molecule has 106 valence electrons. The molecule has 1 saturated heterocycles. The predicted octanol–water partition coefficient (Wildman–Crippen LogP) is 2.23. The van der Waals surface area contributed by atoms with Gasteiger partial charge in [-0.15, -0.1) is 0 Å². The Hall–Kier alpha value is -0.900. The summed E-state index contributed by atoms with van der Waals surface area (Å²) in [4.78, 5) is 2.33. The van der Waals surface area contributed by atoms with Crippen molar-refractivity contribution in [3.63, 3.8) is 0 Å². The van der Waals surface area contributed by atoms with E-state index in [9.17, 15) is 5.11 Å². The fourth-order valence-electron chi connectivity index (χ4n) is 2.99. The fourth-order valence-corrected chi connectivity index (χ4v) is 2.99. The highest BCUT2D eigenvalue weighted by atomic mass is 16.3. The SMILES string of the molecule is Cc1ccccc1C(N)CCN1CCCC(C)(O)C1. The zero-order valence-electron chi connectivity index (χ0n) is 12.1. The number of hydrogen-bond donors (Lipinski definition) is 2. The van der Waals surface area contributed by atoms with Gasteiger partial charge in [0.2, 0.25) is 0 Å². The lowest BCUT2D eigenvalue weighted by atomic mass is 9.94. The normalized spacial score (nSPS) is 26.3. The van der Waals surface area contributed by atoms with Gasteiger partial charge in [0.25, 0.3) is 0 Å². The molecule has 1 aliphatic rings. The highest BCUT2D eigenvalue weighted by molar-refractivity contribution is 5.28. The molecule has 3 N–H and O–H groups in total. The monoisotopic (exact) mass is 262 g/mol. The average molecular weight is 262 g/mol. The van der Waals surface area contributed by atoms with E-state index in [1.54, 1.807) is 0 Å². The zero-order valence-corrected chi connectivity index (χ0v) is 12.1. The number of benzene rings is 1. The Morgan fingerprint density at radius 1 is 1.42 bits per heavy atom. The molecule has 19 heavy (non-hydrogen) atoms. The topological polar surface area (TPSA) is 49.5 Å². The van der Waals surface area contributed by atoms with Gasteiger partial charge < -0.3 is 15.7 Å². The van der Waals surface area contributed by atoms with Crippen LogP contribution in [-0.2, 0) is 0 Å². The maximum absolute atomic E-state index is 10.1. The van der Waals surface area contributed by atoms with Gasteiger partial charge in [-0.05, 0) is 50.8 Å². The molecular formula is C16H26N2O. The first-order valence-electron chi connectivity index (χ1n) is 7.24. The minimum atomic E-state index is -0.523. The number of aryl methyl sites for hydroxylation is 1. The summed E-state index contributed by atoms with van der Waals surface area (Å²) in [5.74, 6) is 0. The summed E-state index contributed by atoms with van der Waals surface area (Å²) in [5.41, 5.74) is 8.28. The Morgan fingerprint density at radius 2 is 2.16 bits per heavy atom. The molecule has 2 unspecified atom stereocenters. The molecule has 0 radical (unpaired) electrons. The predicted molar refractivity (Wildman–Crippen MR) is 79.0 cm³/mol. The summed E-state index contributed by atoms with van der Waals surface area (Å²) in [6.45, 7) is 6.86. The first-order valence-corrected chi connectivity index (χ1v) is 7.24. The van der Waals surface area contributed by atoms with Gasteiger partial charge in [-0.3, -0.25) is 0 Å². The summed E-state index contributed by atoms with van der Waals surface area (Å²) < 4.78 is 0. The molecule has 0 amide bonds. The number of piperidine rings is 1. The number of hydrogen-bond acceptors (Lipinski definition) is 3. The number of likely N-dealkylation sites (tertiary alicyclic amines) is 1. The number of rotatable bonds is 4. The van der Waals surface area contributed by atoms with E-state index < -0.39 is 5.60 Å².